The number of rotatable bonds is 6. The number of hydrogen-bond acceptors (Lipinski definition) is 7. The molecule has 1 atom stereocenters. The molecule has 2 aliphatic heterocycles. The Morgan fingerprint density at radius 1 is 1.09 bits per heavy atom. The monoisotopic (exact) mass is 478 g/mol. The number of anilines is 2. The number of benzene rings is 1. The maximum absolute atomic E-state index is 12.9. The zero-order chi connectivity index (χ0) is 23.5. The maximum atomic E-state index is 12.9. The van der Waals surface area contributed by atoms with E-state index in [4.69, 9.17) is 4.98 Å². The molecule has 0 bridgehead atoms. The number of fused-ring (bicyclic) bond motifs is 1. The summed E-state index contributed by atoms with van der Waals surface area (Å²) >= 11 is 1.62. The molecule has 2 aromatic heterocycles. The predicted molar refractivity (Wildman–Crippen MR) is 140 cm³/mol. The summed E-state index contributed by atoms with van der Waals surface area (Å²) in [6, 6.07) is 10.5. The zero-order valence-corrected chi connectivity index (χ0v) is 21.0. The Balaban J connectivity index is 1.07. The summed E-state index contributed by atoms with van der Waals surface area (Å²) in [6.07, 6.45) is 3.77. The number of pyridine rings is 1. The van der Waals surface area contributed by atoms with E-state index in [-0.39, 0.29) is 11.8 Å². The molecule has 3 aromatic rings. The summed E-state index contributed by atoms with van der Waals surface area (Å²) in [4.78, 5) is 30.2. The summed E-state index contributed by atoms with van der Waals surface area (Å²) in [5.74, 6) is 0.202. The van der Waals surface area contributed by atoms with Crippen molar-refractivity contribution in [2.75, 3.05) is 62.2 Å². The molecular weight excluding hydrogens is 444 g/mol. The van der Waals surface area contributed by atoms with Gasteiger partial charge in [-0.15, -0.1) is 0 Å². The van der Waals surface area contributed by atoms with Gasteiger partial charge in [0.1, 0.15) is 10.3 Å². The van der Waals surface area contributed by atoms with E-state index in [0.29, 0.717) is 6.54 Å². The molecule has 4 heterocycles. The normalized spacial score (nSPS) is 19.5. The van der Waals surface area contributed by atoms with Crippen molar-refractivity contribution in [1.29, 1.82) is 0 Å². The fraction of sp³-hybridized carbons (Fsp3) is 0.500. The highest BCUT2D eigenvalue weighted by atomic mass is 32.1. The van der Waals surface area contributed by atoms with Crippen LogP contribution >= 0.6 is 11.3 Å². The van der Waals surface area contributed by atoms with Crippen LogP contribution in [0.15, 0.2) is 36.5 Å². The van der Waals surface area contributed by atoms with Crippen LogP contribution in [0.1, 0.15) is 24.0 Å². The molecule has 0 spiro atoms. The van der Waals surface area contributed by atoms with Crippen molar-refractivity contribution in [3.05, 3.63) is 47.7 Å². The zero-order valence-electron chi connectivity index (χ0n) is 20.2. The van der Waals surface area contributed by atoms with Crippen molar-refractivity contribution < 1.29 is 4.79 Å². The average molecular weight is 479 g/mol. The van der Waals surface area contributed by atoms with E-state index in [9.17, 15) is 4.79 Å². The van der Waals surface area contributed by atoms with E-state index in [1.165, 1.54) is 16.8 Å². The van der Waals surface area contributed by atoms with Gasteiger partial charge in [-0.2, -0.15) is 0 Å². The first-order valence-electron chi connectivity index (χ1n) is 12.4. The summed E-state index contributed by atoms with van der Waals surface area (Å²) in [6.45, 7) is 11.8. The number of nitrogens with one attached hydrogen (secondary N) is 1. The minimum atomic E-state index is 0.0230. The number of piperazine rings is 1. The lowest BCUT2D eigenvalue weighted by Crippen LogP contribution is -2.49. The van der Waals surface area contributed by atoms with E-state index in [1.54, 1.807) is 17.5 Å². The minimum absolute atomic E-state index is 0.0230. The number of thiazole rings is 1. The molecule has 180 valence electrons. The predicted octanol–water partition coefficient (Wildman–Crippen LogP) is 3.46. The molecular formula is C26H34N6OS. The third-order valence-corrected chi connectivity index (χ3v) is 8.27. The topological polar surface area (TPSA) is 64.6 Å². The number of piperidine rings is 1. The molecule has 0 aliphatic carbocycles. The van der Waals surface area contributed by atoms with Gasteiger partial charge in [0, 0.05) is 64.2 Å². The second kappa shape index (κ2) is 10.3. The fourth-order valence-electron chi connectivity index (χ4n) is 5.03. The molecule has 1 aromatic carbocycles. The first-order valence-corrected chi connectivity index (χ1v) is 13.2. The molecule has 2 aliphatic rings. The van der Waals surface area contributed by atoms with Crippen molar-refractivity contribution >= 4 is 38.4 Å². The van der Waals surface area contributed by atoms with Crippen LogP contribution in [0.2, 0.25) is 0 Å². The first-order chi connectivity index (χ1) is 16.6. The molecule has 8 heteroatoms. The quantitative estimate of drug-likeness (QED) is 0.585. The van der Waals surface area contributed by atoms with E-state index in [2.05, 4.69) is 57.0 Å². The molecule has 7 nitrogen and oxygen atoms in total. The van der Waals surface area contributed by atoms with Gasteiger partial charge in [0.15, 0.2) is 5.13 Å². The van der Waals surface area contributed by atoms with Crippen molar-refractivity contribution in [1.82, 2.24) is 20.2 Å². The molecule has 2 fully saturated rings. The molecule has 0 radical (unpaired) electrons. The second-order valence-corrected chi connectivity index (χ2v) is 10.4. The Hall–Kier alpha value is -2.71. The average Bonchev–Trinajstić information content (AvgIpc) is 3.31. The SMILES string of the molecule is Cc1cccc(N2CCN(CCNC(=O)[C@H]3CCCN(c4nc5cccnc5s4)C3)CC2)c1C. The van der Waals surface area contributed by atoms with E-state index >= 15 is 0 Å². The van der Waals surface area contributed by atoms with Crippen molar-refractivity contribution in [2.45, 2.75) is 26.7 Å². The first kappa shape index (κ1) is 23.1. The highest BCUT2D eigenvalue weighted by molar-refractivity contribution is 7.21. The number of amides is 1. The highest BCUT2D eigenvalue weighted by Crippen LogP contribution is 2.30. The van der Waals surface area contributed by atoms with Crippen LogP contribution in [-0.2, 0) is 4.79 Å². The summed E-state index contributed by atoms with van der Waals surface area (Å²) in [7, 11) is 0. The number of hydrogen-bond donors (Lipinski definition) is 1. The lowest BCUT2D eigenvalue weighted by Gasteiger charge is -2.37. The maximum Gasteiger partial charge on any atom is 0.224 e. The van der Waals surface area contributed by atoms with Gasteiger partial charge in [-0.1, -0.05) is 23.5 Å². The lowest BCUT2D eigenvalue weighted by atomic mass is 9.97. The molecule has 0 unspecified atom stereocenters. The molecule has 1 amide bonds. The standard InChI is InChI=1S/C26H34N6OS/c1-19-6-3-9-23(20(19)2)31-16-14-30(15-17-31)13-11-27-24(33)21-7-5-12-32(18-21)26-29-22-8-4-10-28-25(22)34-26/h3-4,6,8-10,21H,5,7,11-18H2,1-2H3,(H,27,33)/t21-/m0/s1. The van der Waals surface area contributed by atoms with Crippen LogP contribution in [-0.4, -0.2) is 73.1 Å². The summed E-state index contributed by atoms with van der Waals surface area (Å²) < 4.78 is 0. The molecule has 1 N–H and O–H groups in total. The Morgan fingerprint density at radius 2 is 1.94 bits per heavy atom. The number of carbonyl (C=O) groups excluding carboxylic acids is 1. The van der Waals surface area contributed by atoms with Crippen LogP contribution < -0.4 is 15.1 Å². The number of carbonyl (C=O) groups is 1. The van der Waals surface area contributed by atoms with E-state index in [1.807, 2.05) is 12.1 Å². The number of nitrogens with zero attached hydrogens (tertiary/aromatic N) is 5. The number of aromatic nitrogens is 2. The Morgan fingerprint density at radius 3 is 2.76 bits per heavy atom. The molecule has 5 rings (SSSR count). The van der Waals surface area contributed by atoms with E-state index < -0.39 is 0 Å². The smallest absolute Gasteiger partial charge is 0.224 e. The Bertz CT molecular complexity index is 1110. The van der Waals surface area contributed by atoms with Gasteiger partial charge in [-0.05, 0) is 56.0 Å². The van der Waals surface area contributed by atoms with Crippen LogP contribution in [0.4, 0.5) is 10.8 Å². The van der Waals surface area contributed by atoms with Crippen molar-refractivity contribution in [2.24, 2.45) is 5.92 Å². The van der Waals surface area contributed by atoms with Gasteiger partial charge < -0.3 is 15.1 Å². The Kier molecular flexibility index (Phi) is 6.97. The van der Waals surface area contributed by atoms with Gasteiger partial charge in [0.25, 0.3) is 0 Å². The van der Waals surface area contributed by atoms with Crippen molar-refractivity contribution in [3.8, 4) is 0 Å². The van der Waals surface area contributed by atoms with Gasteiger partial charge in [0.2, 0.25) is 5.91 Å². The van der Waals surface area contributed by atoms with Crippen LogP contribution in [0.5, 0.6) is 0 Å². The largest absolute Gasteiger partial charge is 0.369 e. The lowest BCUT2D eigenvalue weighted by molar-refractivity contribution is -0.125. The fourth-order valence-corrected chi connectivity index (χ4v) is 5.97. The molecule has 2 saturated heterocycles. The molecule has 0 saturated carbocycles. The molecule has 34 heavy (non-hydrogen) atoms. The van der Waals surface area contributed by atoms with Gasteiger partial charge in [0.05, 0.1) is 5.92 Å². The summed E-state index contributed by atoms with van der Waals surface area (Å²) in [5.41, 5.74) is 5.03. The number of aryl methyl sites for hydroxylation is 1. The third kappa shape index (κ3) is 5.03. The van der Waals surface area contributed by atoms with Crippen LogP contribution in [0.25, 0.3) is 10.3 Å². The third-order valence-electron chi connectivity index (χ3n) is 7.23. The second-order valence-electron chi connectivity index (χ2n) is 9.45. The van der Waals surface area contributed by atoms with Gasteiger partial charge in [-0.25, -0.2) is 9.97 Å². The van der Waals surface area contributed by atoms with Gasteiger partial charge >= 0.3 is 0 Å². The highest BCUT2D eigenvalue weighted by Gasteiger charge is 2.27. The van der Waals surface area contributed by atoms with E-state index in [0.717, 1.165) is 74.1 Å². The minimum Gasteiger partial charge on any atom is -0.369 e. The van der Waals surface area contributed by atoms with Gasteiger partial charge in [-0.3, -0.25) is 9.69 Å². The Labute approximate surface area is 205 Å². The van der Waals surface area contributed by atoms with Crippen molar-refractivity contribution in [3.63, 3.8) is 0 Å². The summed E-state index contributed by atoms with van der Waals surface area (Å²) in [5, 5.41) is 4.19. The van der Waals surface area contributed by atoms with Crippen LogP contribution in [0, 0.1) is 19.8 Å². The van der Waals surface area contributed by atoms with Crippen LogP contribution in [0.3, 0.4) is 0 Å².